The maximum absolute atomic E-state index is 12.9. The summed E-state index contributed by atoms with van der Waals surface area (Å²) in [6, 6.07) is 0. The largest absolute Gasteiger partial charge is 0.480 e. The van der Waals surface area contributed by atoms with Crippen molar-refractivity contribution in [3.8, 4) is 0 Å². The van der Waals surface area contributed by atoms with Gasteiger partial charge < -0.3 is 16.6 Å². The van der Waals surface area contributed by atoms with Gasteiger partial charge in [-0.2, -0.15) is 0 Å². The lowest BCUT2D eigenvalue weighted by Crippen LogP contribution is -2.57. The van der Waals surface area contributed by atoms with Gasteiger partial charge in [-0.1, -0.05) is 0 Å². The first kappa shape index (κ1) is 11.2. The molecular formula is C6H12F2N2O2. The Bertz CT molecular complexity index is 175. The normalized spacial score (nSPS) is 21.1. The predicted octanol–water partition coefficient (Wildman–Crippen LogP) is -0.577. The molecular weight excluding hydrogens is 170 g/mol. The molecule has 0 aromatic heterocycles. The van der Waals surface area contributed by atoms with E-state index in [9.17, 15) is 13.6 Å². The average molecular weight is 182 g/mol. The number of carbonyl (C=O) groups is 1. The van der Waals surface area contributed by atoms with Gasteiger partial charge in [-0.25, -0.2) is 8.78 Å². The summed E-state index contributed by atoms with van der Waals surface area (Å²) in [6.45, 7) is 0.323. The van der Waals surface area contributed by atoms with Gasteiger partial charge in [-0.05, 0) is 6.92 Å². The number of carboxylic acids is 1. The Labute approximate surface area is 68.5 Å². The zero-order valence-corrected chi connectivity index (χ0v) is 6.63. The van der Waals surface area contributed by atoms with Crippen LogP contribution < -0.4 is 11.5 Å². The van der Waals surface area contributed by atoms with Gasteiger partial charge in [0.05, 0.1) is 0 Å². The third-order valence-corrected chi connectivity index (χ3v) is 1.58. The van der Waals surface area contributed by atoms with Crippen molar-refractivity contribution in [2.24, 2.45) is 11.5 Å². The highest BCUT2D eigenvalue weighted by molar-refractivity contribution is 5.78. The summed E-state index contributed by atoms with van der Waals surface area (Å²) in [4.78, 5) is 10.3. The molecule has 0 saturated heterocycles. The van der Waals surface area contributed by atoms with Gasteiger partial charge in [0.2, 0.25) is 0 Å². The van der Waals surface area contributed by atoms with Gasteiger partial charge in [0, 0.05) is 6.54 Å². The average Bonchev–Trinajstić information content (AvgIpc) is 2.01. The molecule has 0 bridgehead atoms. The molecule has 0 radical (unpaired) electrons. The van der Waals surface area contributed by atoms with E-state index in [4.69, 9.17) is 16.6 Å². The second kappa shape index (κ2) is 3.77. The number of hydrogen-bond donors (Lipinski definition) is 3. The van der Waals surface area contributed by atoms with Crippen LogP contribution in [0.5, 0.6) is 0 Å². The van der Waals surface area contributed by atoms with Crippen LogP contribution in [0.1, 0.15) is 6.92 Å². The topological polar surface area (TPSA) is 89.3 Å². The second-order valence-electron chi connectivity index (χ2n) is 2.74. The molecule has 4 nitrogen and oxygen atoms in total. The molecule has 0 amide bonds. The van der Waals surface area contributed by atoms with E-state index in [0.717, 1.165) is 6.92 Å². The molecule has 0 saturated carbocycles. The number of alkyl halides is 2. The van der Waals surface area contributed by atoms with E-state index in [1.54, 1.807) is 0 Å². The Morgan fingerprint density at radius 1 is 1.67 bits per heavy atom. The molecule has 12 heavy (non-hydrogen) atoms. The van der Waals surface area contributed by atoms with Crippen molar-refractivity contribution in [1.29, 1.82) is 0 Å². The molecule has 0 fully saturated rings. The zero-order valence-electron chi connectivity index (χ0n) is 6.63. The van der Waals surface area contributed by atoms with Crippen molar-refractivity contribution in [3.63, 3.8) is 0 Å². The molecule has 0 aromatic carbocycles. The summed E-state index contributed by atoms with van der Waals surface area (Å²) in [7, 11) is 0. The number of carboxylic acid groups (broad SMARTS) is 1. The third-order valence-electron chi connectivity index (χ3n) is 1.58. The fraction of sp³-hybridized carbons (Fsp3) is 0.833. The van der Waals surface area contributed by atoms with Crippen LogP contribution >= 0.6 is 0 Å². The molecule has 5 N–H and O–H groups in total. The van der Waals surface area contributed by atoms with Crippen molar-refractivity contribution in [3.05, 3.63) is 0 Å². The minimum absolute atomic E-state index is 0.582. The molecule has 0 aliphatic rings. The molecule has 0 aromatic rings. The van der Waals surface area contributed by atoms with E-state index in [1.165, 1.54) is 0 Å². The molecule has 0 heterocycles. The highest BCUT2D eigenvalue weighted by Crippen LogP contribution is 2.16. The summed E-state index contributed by atoms with van der Waals surface area (Å²) in [5, 5.41) is 8.38. The Kier molecular flexibility index (Phi) is 3.54. The number of halogens is 2. The van der Waals surface area contributed by atoms with Gasteiger partial charge in [0.25, 0.3) is 0 Å². The van der Waals surface area contributed by atoms with E-state index in [2.05, 4.69) is 0 Å². The molecule has 3 unspecified atom stereocenters. The Hall–Kier alpha value is -0.750. The first-order valence-electron chi connectivity index (χ1n) is 3.34. The predicted molar refractivity (Wildman–Crippen MR) is 39.1 cm³/mol. The molecule has 6 heteroatoms. The van der Waals surface area contributed by atoms with E-state index in [1.807, 2.05) is 0 Å². The van der Waals surface area contributed by atoms with E-state index in [0.29, 0.717) is 0 Å². The smallest absolute Gasteiger partial charge is 0.326 e. The molecule has 0 rings (SSSR count). The fourth-order valence-electron chi connectivity index (χ4n) is 0.613. The zero-order chi connectivity index (χ0) is 9.94. The van der Waals surface area contributed by atoms with Crippen molar-refractivity contribution in [2.45, 2.75) is 24.8 Å². The maximum Gasteiger partial charge on any atom is 0.326 e. The van der Waals surface area contributed by atoms with Gasteiger partial charge in [0.1, 0.15) is 11.7 Å². The fourth-order valence-corrected chi connectivity index (χ4v) is 0.613. The van der Waals surface area contributed by atoms with Crippen LogP contribution in [-0.2, 0) is 4.79 Å². The van der Waals surface area contributed by atoms with Crippen LogP contribution in [0, 0.1) is 0 Å². The number of aliphatic carboxylic acids is 1. The van der Waals surface area contributed by atoms with Crippen LogP contribution in [0.25, 0.3) is 0 Å². The van der Waals surface area contributed by atoms with Crippen molar-refractivity contribution in [1.82, 2.24) is 0 Å². The molecule has 0 spiro atoms. The van der Waals surface area contributed by atoms with Crippen LogP contribution in [0.4, 0.5) is 8.78 Å². The number of rotatable bonds is 4. The van der Waals surface area contributed by atoms with E-state index >= 15 is 0 Å². The Morgan fingerprint density at radius 2 is 2.08 bits per heavy atom. The Balaban J connectivity index is 4.44. The van der Waals surface area contributed by atoms with Gasteiger partial charge in [0.15, 0.2) is 6.17 Å². The molecule has 0 aliphatic carbocycles. The third kappa shape index (κ3) is 2.12. The van der Waals surface area contributed by atoms with E-state index < -0.39 is 30.4 Å². The minimum Gasteiger partial charge on any atom is -0.480 e. The number of hydrogen-bond acceptors (Lipinski definition) is 3. The van der Waals surface area contributed by atoms with E-state index in [-0.39, 0.29) is 0 Å². The highest BCUT2D eigenvalue weighted by atomic mass is 19.2. The van der Waals surface area contributed by atoms with Crippen molar-refractivity contribution >= 4 is 5.97 Å². The SMILES string of the molecule is CC(N)(C(=O)O)C(F)C(F)CN. The molecule has 72 valence electrons. The molecule has 3 atom stereocenters. The van der Waals surface area contributed by atoms with Crippen LogP contribution in [0.2, 0.25) is 0 Å². The highest BCUT2D eigenvalue weighted by Gasteiger charge is 2.42. The second-order valence-corrected chi connectivity index (χ2v) is 2.74. The number of nitrogens with two attached hydrogens (primary N) is 2. The minimum atomic E-state index is -2.29. The quantitative estimate of drug-likeness (QED) is 0.542. The summed E-state index contributed by atoms with van der Waals surface area (Å²) >= 11 is 0. The standard InChI is InChI=1S/C6H12F2N2O2/c1-6(10,5(11)12)4(8)3(7)2-9/h3-4H,2,9-10H2,1H3,(H,11,12). The van der Waals surface area contributed by atoms with Gasteiger partial charge >= 0.3 is 5.97 Å². The van der Waals surface area contributed by atoms with Crippen LogP contribution in [0.3, 0.4) is 0 Å². The monoisotopic (exact) mass is 182 g/mol. The molecule has 0 aliphatic heterocycles. The summed E-state index contributed by atoms with van der Waals surface area (Å²) < 4.78 is 25.4. The lowest BCUT2D eigenvalue weighted by atomic mass is 9.94. The van der Waals surface area contributed by atoms with Gasteiger partial charge in [-0.15, -0.1) is 0 Å². The summed E-state index contributed by atoms with van der Waals surface area (Å²) in [5.74, 6) is -1.59. The summed E-state index contributed by atoms with van der Waals surface area (Å²) in [5.41, 5.74) is 7.59. The summed E-state index contributed by atoms with van der Waals surface area (Å²) in [6.07, 6.45) is -4.34. The van der Waals surface area contributed by atoms with Crippen molar-refractivity contribution in [2.75, 3.05) is 6.54 Å². The van der Waals surface area contributed by atoms with Crippen LogP contribution in [0.15, 0.2) is 0 Å². The lowest BCUT2D eigenvalue weighted by molar-refractivity contribution is -0.146. The first-order valence-corrected chi connectivity index (χ1v) is 3.34. The van der Waals surface area contributed by atoms with Crippen molar-refractivity contribution < 1.29 is 18.7 Å². The Morgan fingerprint density at radius 3 is 2.33 bits per heavy atom. The van der Waals surface area contributed by atoms with Gasteiger partial charge in [-0.3, -0.25) is 4.79 Å². The van der Waals surface area contributed by atoms with Crippen LogP contribution in [-0.4, -0.2) is 35.5 Å². The lowest BCUT2D eigenvalue weighted by Gasteiger charge is -2.25. The first-order chi connectivity index (χ1) is 5.34. The maximum atomic E-state index is 12.9.